The van der Waals surface area contributed by atoms with Gasteiger partial charge in [-0.05, 0) is 18.2 Å². The van der Waals surface area contributed by atoms with Gasteiger partial charge in [0.15, 0.2) is 5.78 Å². The molecule has 86 valence electrons. The van der Waals surface area contributed by atoms with Crippen molar-refractivity contribution in [1.29, 1.82) is 0 Å². The highest BCUT2D eigenvalue weighted by Crippen LogP contribution is 2.15. The van der Waals surface area contributed by atoms with Gasteiger partial charge in [-0.3, -0.25) is 4.79 Å². The molecule has 2 N–H and O–H groups in total. The molecule has 0 saturated heterocycles. The molecule has 0 unspecified atom stereocenters. The van der Waals surface area contributed by atoms with E-state index in [1.54, 1.807) is 18.2 Å². The first-order valence-electron chi connectivity index (χ1n) is 4.80. The van der Waals surface area contributed by atoms with Gasteiger partial charge in [-0.25, -0.2) is 4.79 Å². The van der Waals surface area contributed by atoms with Crippen LogP contribution in [0.25, 0.3) is 0 Å². The number of benzene rings is 1. The molecule has 4 nitrogen and oxygen atoms in total. The van der Waals surface area contributed by atoms with Crippen molar-refractivity contribution in [2.24, 2.45) is 0 Å². The minimum absolute atomic E-state index is 0.0182. The number of carbonyl (C=O) groups is 2. The van der Waals surface area contributed by atoms with Crippen LogP contribution >= 0.6 is 11.6 Å². The van der Waals surface area contributed by atoms with Gasteiger partial charge in [-0.15, -0.1) is 0 Å². The summed E-state index contributed by atoms with van der Waals surface area (Å²) in [6, 6.07) is 7.79. The fraction of sp³-hybridized carbons (Fsp3) is 0. The van der Waals surface area contributed by atoms with Gasteiger partial charge in [0, 0.05) is 22.3 Å². The Kier molecular flexibility index (Phi) is 2.97. The average molecular weight is 250 g/mol. The number of H-pyrrole nitrogens is 1. The van der Waals surface area contributed by atoms with Crippen LogP contribution in [0, 0.1) is 0 Å². The van der Waals surface area contributed by atoms with Gasteiger partial charge in [0.05, 0.1) is 0 Å². The third-order valence-corrected chi connectivity index (χ3v) is 2.50. The van der Waals surface area contributed by atoms with E-state index in [1.807, 2.05) is 0 Å². The maximum absolute atomic E-state index is 12.0. The van der Waals surface area contributed by atoms with Crippen molar-refractivity contribution >= 4 is 23.4 Å². The Hall–Kier alpha value is -2.07. The van der Waals surface area contributed by atoms with Crippen molar-refractivity contribution < 1.29 is 14.7 Å². The van der Waals surface area contributed by atoms with Crippen molar-refractivity contribution in [3.63, 3.8) is 0 Å². The van der Waals surface area contributed by atoms with Crippen molar-refractivity contribution in [2.45, 2.75) is 0 Å². The number of aromatic carboxylic acids is 1. The highest BCUT2D eigenvalue weighted by Gasteiger charge is 2.13. The molecule has 0 bridgehead atoms. The summed E-state index contributed by atoms with van der Waals surface area (Å²) < 4.78 is 0. The highest BCUT2D eigenvalue weighted by atomic mass is 35.5. The second kappa shape index (κ2) is 4.43. The highest BCUT2D eigenvalue weighted by molar-refractivity contribution is 6.31. The molecule has 0 saturated carbocycles. The zero-order valence-corrected chi connectivity index (χ0v) is 9.36. The minimum atomic E-state index is -1.10. The molecule has 0 amide bonds. The summed E-state index contributed by atoms with van der Waals surface area (Å²) in [5, 5.41) is 9.19. The van der Waals surface area contributed by atoms with E-state index < -0.39 is 5.97 Å². The molecule has 2 aromatic rings. The third kappa shape index (κ3) is 2.37. The molecular weight excluding hydrogens is 242 g/mol. The van der Waals surface area contributed by atoms with Gasteiger partial charge in [-0.1, -0.05) is 23.7 Å². The number of carboxylic acids is 1. The van der Waals surface area contributed by atoms with Gasteiger partial charge in [0.1, 0.15) is 5.69 Å². The predicted octanol–water partition coefficient (Wildman–Crippen LogP) is 2.60. The van der Waals surface area contributed by atoms with Crippen LogP contribution < -0.4 is 0 Å². The Morgan fingerprint density at radius 3 is 2.53 bits per heavy atom. The fourth-order valence-corrected chi connectivity index (χ4v) is 1.64. The zero-order valence-electron chi connectivity index (χ0n) is 8.61. The molecule has 0 radical (unpaired) electrons. The number of carbonyl (C=O) groups excluding carboxylic acids is 1. The van der Waals surface area contributed by atoms with Gasteiger partial charge in [0.25, 0.3) is 0 Å². The monoisotopic (exact) mass is 249 g/mol. The fourth-order valence-electron chi connectivity index (χ4n) is 1.45. The molecule has 1 heterocycles. The van der Waals surface area contributed by atoms with Crippen LogP contribution in [0.5, 0.6) is 0 Å². The average Bonchev–Trinajstić information content (AvgIpc) is 2.77. The molecule has 0 fully saturated rings. The number of carboxylic acid groups (broad SMARTS) is 1. The van der Waals surface area contributed by atoms with Crippen LogP contribution in [-0.2, 0) is 0 Å². The lowest BCUT2D eigenvalue weighted by atomic mass is 10.1. The Balaban J connectivity index is 2.34. The summed E-state index contributed by atoms with van der Waals surface area (Å²) in [5.41, 5.74) is 0.702. The molecule has 0 spiro atoms. The van der Waals surface area contributed by atoms with Gasteiger partial charge < -0.3 is 10.1 Å². The number of halogens is 1. The quantitative estimate of drug-likeness (QED) is 0.822. The Morgan fingerprint density at radius 2 is 1.94 bits per heavy atom. The normalized spacial score (nSPS) is 10.2. The van der Waals surface area contributed by atoms with E-state index in [9.17, 15) is 9.59 Å². The molecule has 5 heteroatoms. The van der Waals surface area contributed by atoms with Crippen LogP contribution in [0.4, 0.5) is 0 Å². The molecule has 0 aliphatic rings. The molecule has 2 rings (SSSR count). The molecular formula is C12H8ClNO3. The lowest BCUT2D eigenvalue weighted by Crippen LogP contribution is -1.99. The lowest BCUT2D eigenvalue weighted by Gasteiger charge is -1.98. The van der Waals surface area contributed by atoms with Crippen molar-refractivity contribution in [3.05, 3.63) is 58.4 Å². The summed E-state index contributed by atoms with van der Waals surface area (Å²) in [6.45, 7) is 0. The van der Waals surface area contributed by atoms with Gasteiger partial charge >= 0.3 is 5.97 Å². The summed E-state index contributed by atoms with van der Waals surface area (Å²) in [5.74, 6) is -1.37. The topological polar surface area (TPSA) is 70.2 Å². The Morgan fingerprint density at radius 1 is 1.18 bits per heavy atom. The second-order valence-electron chi connectivity index (χ2n) is 3.45. The number of ketones is 1. The number of aromatic amines is 1. The summed E-state index contributed by atoms with van der Waals surface area (Å²) in [7, 11) is 0. The Bertz CT molecular complexity index is 589. The van der Waals surface area contributed by atoms with E-state index in [0.29, 0.717) is 16.1 Å². The van der Waals surface area contributed by atoms with Crippen LogP contribution in [0.1, 0.15) is 26.4 Å². The van der Waals surface area contributed by atoms with E-state index in [0.717, 1.165) is 0 Å². The molecule has 17 heavy (non-hydrogen) atoms. The largest absolute Gasteiger partial charge is 0.477 e. The first-order valence-corrected chi connectivity index (χ1v) is 5.17. The molecule has 1 aromatic carbocycles. The standard InChI is InChI=1S/C12H8ClNO3/c13-9-3-1-2-7(4-9)11(15)8-5-10(12(16)17)14-6-8/h1-6,14H,(H,16,17). The summed E-state index contributed by atoms with van der Waals surface area (Å²) in [4.78, 5) is 25.1. The van der Waals surface area contributed by atoms with Crippen molar-refractivity contribution in [2.75, 3.05) is 0 Å². The van der Waals surface area contributed by atoms with Crippen molar-refractivity contribution in [3.8, 4) is 0 Å². The molecule has 0 aliphatic carbocycles. The first-order chi connectivity index (χ1) is 8.08. The van der Waals surface area contributed by atoms with Crippen LogP contribution in [-0.4, -0.2) is 21.8 Å². The third-order valence-electron chi connectivity index (χ3n) is 2.26. The van der Waals surface area contributed by atoms with Gasteiger partial charge in [-0.2, -0.15) is 0 Å². The maximum atomic E-state index is 12.0. The number of hydrogen-bond donors (Lipinski definition) is 2. The smallest absolute Gasteiger partial charge is 0.352 e. The molecule has 1 aromatic heterocycles. The molecule has 0 atom stereocenters. The van der Waals surface area contributed by atoms with E-state index in [-0.39, 0.29) is 11.5 Å². The van der Waals surface area contributed by atoms with Crippen LogP contribution in [0.2, 0.25) is 5.02 Å². The number of rotatable bonds is 3. The number of aromatic nitrogens is 1. The SMILES string of the molecule is O=C(c1cccc(Cl)c1)c1c[nH]c(C(=O)O)c1. The van der Waals surface area contributed by atoms with E-state index >= 15 is 0 Å². The number of nitrogens with one attached hydrogen (secondary N) is 1. The van der Waals surface area contributed by atoms with E-state index in [2.05, 4.69) is 4.98 Å². The van der Waals surface area contributed by atoms with E-state index in [1.165, 1.54) is 18.3 Å². The summed E-state index contributed by atoms with van der Waals surface area (Å²) >= 11 is 5.78. The lowest BCUT2D eigenvalue weighted by molar-refractivity contribution is 0.0691. The summed E-state index contributed by atoms with van der Waals surface area (Å²) in [6.07, 6.45) is 1.37. The second-order valence-corrected chi connectivity index (χ2v) is 3.88. The number of hydrogen-bond acceptors (Lipinski definition) is 2. The Labute approximate surface area is 102 Å². The molecule has 0 aliphatic heterocycles. The van der Waals surface area contributed by atoms with Crippen LogP contribution in [0.3, 0.4) is 0 Å². The first kappa shape index (κ1) is 11.4. The zero-order chi connectivity index (χ0) is 12.4. The van der Waals surface area contributed by atoms with Crippen molar-refractivity contribution in [1.82, 2.24) is 4.98 Å². The van der Waals surface area contributed by atoms with Gasteiger partial charge in [0.2, 0.25) is 0 Å². The van der Waals surface area contributed by atoms with Crippen LogP contribution in [0.15, 0.2) is 36.5 Å². The van der Waals surface area contributed by atoms with E-state index in [4.69, 9.17) is 16.7 Å². The predicted molar refractivity (Wildman–Crippen MR) is 62.6 cm³/mol. The maximum Gasteiger partial charge on any atom is 0.352 e. The minimum Gasteiger partial charge on any atom is -0.477 e.